The van der Waals surface area contributed by atoms with Gasteiger partial charge in [0.05, 0.1) is 19.1 Å². The fourth-order valence-electron chi connectivity index (χ4n) is 4.34. The molecule has 1 atom stereocenters. The third kappa shape index (κ3) is 6.87. The molecule has 0 bridgehead atoms. The van der Waals surface area contributed by atoms with Crippen molar-refractivity contribution in [3.8, 4) is 17.2 Å². The summed E-state index contributed by atoms with van der Waals surface area (Å²) in [7, 11) is 2.90. The molecule has 2 aromatic carbocycles. The predicted molar refractivity (Wildman–Crippen MR) is 133 cm³/mol. The molecule has 0 aliphatic heterocycles. The smallest absolute Gasteiger partial charge is 0.311 e. The Bertz CT molecular complexity index is 1050. The average molecular weight is 500 g/mol. The normalized spacial score (nSPS) is 14.1. The van der Waals surface area contributed by atoms with Crippen molar-refractivity contribution in [3.63, 3.8) is 0 Å². The van der Waals surface area contributed by atoms with Gasteiger partial charge in [0.1, 0.15) is 17.5 Å². The van der Waals surface area contributed by atoms with Gasteiger partial charge in [-0.2, -0.15) is 0 Å². The molecule has 10 heteroatoms. The molecule has 0 heterocycles. The molecule has 0 aromatic heterocycles. The second-order valence-electron chi connectivity index (χ2n) is 8.66. The predicted octanol–water partition coefficient (Wildman–Crippen LogP) is 3.86. The van der Waals surface area contributed by atoms with Crippen molar-refractivity contribution in [2.24, 2.45) is 0 Å². The molecular formula is C26H33N3O7. The van der Waals surface area contributed by atoms with E-state index in [1.807, 2.05) is 19.1 Å². The summed E-state index contributed by atoms with van der Waals surface area (Å²) >= 11 is 0. The number of hydrogen-bond donors (Lipinski definition) is 1. The molecule has 10 nitrogen and oxygen atoms in total. The number of nitrogens with one attached hydrogen (secondary N) is 1. The van der Waals surface area contributed by atoms with Crippen LogP contribution in [0.4, 0.5) is 5.69 Å². The number of carbonyl (C=O) groups excluding carboxylic acids is 2. The van der Waals surface area contributed by atoms with Crippen molar-refractivity contribution < 1.29 is 28.7 Å². The van der Waals surface area contributed by atoms with Crippen molar-refractivity contribution in [2.45, 2.75) is 57.7 Å². The van der Waals surface area contributed by atoms with Crippen LogP contribution < -0.4 is 19.5 Å². The number of nitrogens with zero attached hydrogens (tertiary/aromatic N) is 2. The van der Waals surface area contributed by atoms with Crippen LogP contribution in [0.25, 0.3) is 0 Å². The first-order valence-corrected chi connectivity index (χ1v) is 12.0. The molecule has 1 N–H and O–H groups in total. The van der Waals surface area contributed by atoms with Crippen LogP contribution in [0.3, 0.4) is 0 Å². The van der Waals surface area contributed by atoms with Gasteiger partial charge in [-0.3, -0.25) is 19.7 Å². The van der Waals surface area contributed by atoms with E-state index in [2.05, 4.69) is 5.32 Å². The molecule has 3 rings (SSSR count). The molecule has 2 aromatic rings. The first kappa shape index (κ1) is 26.8. The van der Waals surface area contributed by atoms with Crippen LogP contribution in [0.1, 0.15) is 44.6 Å². The van der Waals surface area contributed by atoms with Gasteiger partial charge in [-0.15, -0.1) is 0 Å². The van der Waals surface area contributed by atoms with Crippen molar-refractivity contribution in [1.82, 2.24) is 10.2 Å². The van der Waals surface area contributed by atoms with Gasteiger partial charge < -0.3 is 24.4 Å². The highest BCUT2D eigenvalue weighted by molar-refractivity contribution is 5.88. The van der Waals surface area contributed by atoms with Crippen molar-refractivity contribution in [3.05, 3.63) is 58.1 Å². The highest BCUT2D eigenvalue weighted by Gasteiger charge is 2.31. The van der Waals surface area contributed by atoms with Crippen molar-refractivity contribution in [2.75, 3.05) is 20.8 Å². The van der Waals surface area contributed by atoms with Gasteiger partial charge in [-0.05, 0) is 43.0 Å². The van der Waals surface area contributed by atoms with E-state index in [1.54, 1.807) is 19.2 Å². The molecule has 1 fully saturated rings. The number of amides is 2. The Morgan fingerprint density at radius 3 is 2.33 bits per heavy atom. The van der Waals surface area contributed by atoms with Gasteiger partial charge in [0.25, 0.3) is 5.91 Å². The SMILES string of the molecule is CC[C@H](C(=O)NC1CCCC1)N(Cc1ccc(OC)cc1)C(=O)COc1ccc([N+](=O)[O-])c(OC)c1. The highest BCUT2D eigenvalue weighted by atomic mass is 16.6. The van der Waals surface area contributed by atoms with Gasteiger partial charge in [0.15, 0.2) is 6.61 Å². The van der Waals surface area contributed by atoms with E-state index in [0.29, 0.717) is 12.2 Å². The first-order chi connectivity index (χ1) is 17.4. The second kappa shape index (κ2) is 12.8. The van der Waals surface area contributed by atoms with Crippen molar-refractivity contribution >= 4 is 17.5 Å². The van der Waals surface area contributed by atoms with Crippen LogP contribution in [-0.2, 0) is 16.1 Å². The molecule has 1 aliphatic carbocycles. The minimum Gasteiger partial charge on any atom is -0.497 e. The summed E-state index contributed by atoms with van der Waals surface area (Å²) < 4.78 is 15.9. The monoisotopic (exact) mass is 499 g/mol. The van der Waals surface area contributed by atoms with Crippen LogP contribution >= 0.6 is 0 Å². The molecule has 0 spiro atoms. The van der Waals surface area contributed by atoms with Gasteiger partial charge in [-0.1, -0.05) is 31.9 Å². The number of benzene rings is 2. The van der Waals surface area contributed by atoms with Crippen molar-refractivity contribution in [1.29, 1.82) is 0 Å². The minimum absolute atomic E-state index is 0.0300. The Morgan fingerprint density at radius 2 is 1.75 bits per heavy atom. The number of hydrogen-bond acceptors (Lipinski definition) is 7. The summed E-state index contributed by atoms with van der Waals surface area (Å²) in [6.07, 6.45) is 4.50. The lowest BCUT2D eigenvalue weighted by Gasteiger charge is -2.31. The molecule has 2 amide bonds. The first-order valence-electron chi connectivity index (χ1n) is 12.0. The van der Waals surface area contributed by atoms with E-state index in [0.717, 1.165) is 31.2 Å². The van der Waals surface area contributed by atoms with E-state index in [1.165, 1.54) is 30.2 Å². The molecule has 0 saturated heterocycles. The quantitative estimate of drug-likeness (QED) is 0.348. The highest BCUT2D eigenvalue weighted by Crippen LogP contribution is 2.31. The molecular weight excluding hydrogens is 466 g/mol. The van der Waals surface area contributed by atoms with E-state index in [-0.39, 0.29) is 48.2 Å². The summed E-state index contributed by atoms with van der Waals surface area (Å²) in [5, 5.41) is 14.2. The standard InChI is InChI=1S/C26H33N3O7/c1-4-22(26(31)27-19-7-5-6-8-19)28(16-18-9-11-20(34-2)12-10-18)25(30)17-36-21-13-14-23(29(32)33)24(15-21)35-3/h9-15,19,22H,4-8,16-17H2,1-3H3,(H,27,31)/t22-/m1/s1. The zero-order chi connectivity index (χ0) is 26.1. The number of rotatable bonds is 12. The molecule has 0 unspecified atom stereocenters. The van der Waals surface area contributed by atoms with Gasteiger partial charge in [0, 0.05) is 24.7 Å². The Morgan fingerprint density at radius 1 is 1.08 bits per heavy atom. The van der Waals surface area contributed by atoms with Gasteiger partial charge in [0.2, 0.25) is 11.7 Å². The van der Waals surface area contributed by atoms with Crippen LogP contribution in [0, 0.1) is 10.1 Å². The molecule has 1 saturated carbocycles. The zero-order valence-electron chi connectivity index (χ0n) is 20.9. The maximum atomic E-state index is 13.4. The van der Waals surface area contributed by atoms with Crippen LogP contribution in [0.2, 0.25) is 0 Å². The lowest BCUT2D eigenvalue weighted by molar-refractivity contribution is -0.385. The summed E-state index contributed by atoms with van der Waals surface area (Å²) in [6, 6.07) is 10.8. The second-order valence-corrected chi connectivity index (χ2v) is 8.66. The fourth-order valence-corrected chi connectivity index (χ4v) is 4.34. The number of carbonyl (C=O) groups is 2. The van der Waals surface area contributed by atoms with E-state index in [4.69, 9.17) is 14.2 Å². The summed E-state index contributed by atoms with van der Waals surface area (Å²) in [5.74, 6) is 0.416. The Labute approximate surface area is 210 Å². The van der Waals surface area contributed by atoms with E-state index < -0.39 is 11.0 Å². The van der Waals surface area contributed by atoms with Crippen LogP contribution in [0.15, 0.2) is 42.5 Å². The van der Waals surface area contributed by atoms with Gasteiger partial charge in [-0.25, -0.2) is 0 Å². The summed E-state index contributed by atoms with van der Waals surface area (Å²) in [4.78, 5) is 38.7. The van der Waals surface area contributed by atoms with Crippen LogP contribution in [-0.4, -0.2) is 54.5 Å². The molecule has 0 radical (unpaired) electrons. The third-order valence-electron chi connectivity index (χ3n) is 6.31. The number of methoxy groups -OCH3 is 2. The molecule has 194 valence electrons. The minimum atomic E-state index is -0.671. The lowest BCUT2D eigenvalue weighted by Crippen LogP contribution is -2.52. The third-order valence-corrected chi connectivity index (χ3v) is 6.31. The topological polar surface area (TPSA) is 120 Å². The lowest BCUT2D eigenvalue weighted by atomic mass is 10.1. The van der Waals surface area contributed by atoms with Gasteiger partial charge >= 0.3 is 5.69 Å². The maximum absolute atomic E-state index is 13.4. The number of nitro benzene ring substituents is 1. The summed E-state index contributed by atoms with van der Waals surface area (Å²) in [5.41, 5.74) is 0.639. The molecule has 36 heavy (non-hydrogen) atoms. The summed E-state index contributed by atoms with van der Waals surface area (Å²) in [6.45, 7) is 1.74. The Kier molecular flexibility index (Phi) is 9.49. The van der Waals surface area contributed by atoms with Crippen LogP contribution in [0.5, 0.6) is 17.2 Å². The maximum Gasteiger partial charge on any atom is 0.311 e. The Balaban J connectivity index is 1.78. The van der Waals surface area contributed by atoms with E-state index >= 15 is 0 Å². The largest absolute Gasteiger partial charge is 0.497 e. The Hall–Kier alpha value is -3.82. The number of nitro groups is 1. The number of ether oxygens (including phenoxy) is 3. The fraction of sp³-hybridized carbons (Fsp3) is 0.462. The molecule has 1 aliphatic rings. The average Bonchev–Trinajstić information content (AvgIpc) is 3.40. The van der Waals surface area contributed by atoms with E-state index in [9.17, 15) is 19.7 Å². The zero-order valence-corrected chi connectivity index (χ0v) is 20.9.